The van der Waals surface area contributed by atoms with Crippen LogP contribution < -0.4 is 0 Å². The maximum Gasteiger partial charge on any atom is 0.0869 e. The van der Waals surface area contributed by atoms with Crippen LogP contribution >= 0.6 is 11.3 Å². The van der Waals surface area contributed by atoms with Gasteiger partial charge >= 0.3 is 0 Å². The minimum Gasteiger partial charge on any atom is -0.388 e. The van der Waals surface area contributed by atoms with Crippen LogP contribution in [0, 0.1) is 6.92 Å². The second-order valence-corrected chi connectivity index (χ2v) is 6.19. The van der Waals surface area contributed by atoms with E-state index in [1.54, 1.807) is 11.3 Å². The van der Waals surface area contributed by atoms with Crippen LogP contribution in [0.3, 0.4) is 0 Å². The first kappa shape index (κ1) is 11.9. The number of aryl methyl sites for hydroxylation is 2. The molecule has 18 heavy (non-hydrogen) atoms. The Balaban J connectivity index is 1.97. The molecule has 0 bridgehead atoms. The van der Waals surface area contributed by atoms with Crippen molar-refractivity contribution in [3.05, 3.63) is 57.3 Å². The number of aliphatic hydroxyl groups is 1. The van der Waals surface area contributed by atoms with Gasteiger partial charge < -0.3 is 5.11 Å². The van der Waals surface area contributed by atoms with Crippen LogP contribution in [0.25, 0.3) is 0 Å². The SMILES string of the molecule is Cc1sccc1C(O)C1CCCc2ccccc21. The minimum absolute atomic E-state index is 0.267. The van der Waals surface area contributed by atoms with Gasteiger partial charge in [-0.2, -0.15) is 0 Å². The lowest BCUT2D eigenvalue weighted by Crippen LogP contribution is -2.17. The Labute approximate surface area is 112 Å². The lowest BCUT2D eigenvalue weighted by Gasteiger charge is -2.29. The van der Waals surface area contributed by atoms with Crippen molar-refractivity contribution in [2.75, 3.05) is 0 Å². The second kappa shape index (κ2) is 4.87. The Hall–Kier alpha value is -1.12. The number of rotatable bonds is 2. The predicted octanol–water partition coefficient (Wildman–Crippen LogP) is 4.21. The van der Waals surface area contributed by atoms with Crippen molar-refractivity contribution in [2.45, 2.75) is 38.2 Å². The summed E-state index contributed by atoms with van der Waals surface area (Å²) in [5.41, 5.74) is 3.88. The quantitative estimate of drug-likeness (QED) is 0.855. The summed E-state index contributed by atoms with van der Waals surface area (Å²) < 4.78 is 0. The monoisotopic (exact) mass is 258 g/mol. The van der Waals surface area contributed by atoms with Gasteiger partial charge in [-0.3, -0.25) is 0 Å². The van der Waals surface area contributed by atoms with E-state index >= 15 is 0 Å². The molecular formula is C16H18OS. The maximum absolute atomic E-state index is 10.7. The van der Waals surface area contributed by atoms with Gasteiger partial charge in [-0.25, -0.2) is 0 Å². The molecule has 2 heteroatoms. The van der Waals surface area contributed by atoms with E-state index in [4.69, 9.17) is 0 Å². The van der Waals surface area contributed by atoms with Crippen LogP contribution in [0.15, 0.2) is 35.7 Å². The predicted molar refractivity (Wildman–Crippen MR) is 76.1 cm³/mol. The molecule has 1 aromatic heterocycles. The number of benzene rings is 1. The van der Waals surface area contributed by atoms with E-state index in [0.29, 0.717) is 0 Å². The summed E-state index contributed by atoms with van der Waals surface area (Å²) in [6.07, 6.45) is 3.08. The van der Waals surface area contributed by atoms with Crippen LogP contribution in [0.4, 0.5) is 0 Å². The summed E-state index contributed by atoms with van der Waals surface area (Å²) in [7, 11) is 0. The highest BCUT2D eigenvalue weighted by molar-refractivity contribution is 7.10. The molecule has 0 saturated carbocycles. The number of hydrogen-bond acceptors (Lipinski definition) is 2. The molecule has 3 rings (SSSR count). The van der Waals surface area contributed by atoms with Crippen molar-refractivity contribution in [3.8, 4) is 0 Å². The van der Waals surface area contributed by atoms with Gasteiger partial charge in [-0.15, -0.1) is 11.3 Å². The molecule has 1 nitrogen and oxygen atoms in total. The lowest BCUT2D eigenvalue weighted by atomic mass is 9.78. The highest BCUT2D eigenvalue weighted by Crippen LogP contribution is 2.41. The molecule has 0 amide bonds. The van der Waals surface area contributed by atoms with Crippen molar-refractivity contribution < 1.29 is 5.11 Å². The molecule has 1 aliphatic carbocycles. The normalized spacial score (nSPS) is 20.4. The number of fused-ring (bicyclic) bond motifs is 1. The summed E-state index contributed by atoms with van der Waals surface area (Å²) in [6.45, 7) is 2.10. The summed E-state index contributed by atoms with van der Waals surface area (Å²) in [5, 5.41) is 12.7. The molecule has 2 aromatic rings. The molecule has 2 unspecified atom stereocenters. The number of hydrogen-bond donors (Lipinski definition) is 1. The average molecular weight is 258 g/mol. The van der Waals surface area contributed by atoms with E-state index in [1.807, 2.05) is 0 Å². The molecule has 0 fully saturated rings. The van der Waals surface area contributed by atoms with Gasteiger partial charge in [-0.1, -0.05) is 24.3 Å². The first-order chi connectivity index (χ1) is 8.77. The van der Waals surface area contributed by atoms with E-state index in [-0.39, 0.29) is 12.0 Å². The molecule has 1 heterocycles. The molecule has 1 N–H and O–H groups in total. The molecule has 0 saturated heterocycles. The summed E-state index contributed by atoms with van der Waals surface area (Å²) in [4.78, 5) is 1.24. The molecular weight excluding hydrogens is 240 g/mol. The summed E-state index contributed by atoms with van der Waals surface area (Å²) >= 11 is 1.72. The molecule has 2 atom stereocenters. The van der Waals surface area contributed by atoms with E-state index in [2.05, 4.69) is 42.6 Å². The van der Waals surface area contributed by atoms with Gasteiger partial charge in [0.25, 0.3) is 0 Å². The van der Waals surface area contributed by atoms with E-state index in [0.717, 1.165) is 18.4 Å². The van der Waals surface area contributed by atoms with Gasteiger partial charge in [0.1, 0.15) is 0 Å². The van der Waals surface area contributed by atoms with Gasteiger partial charge in [0.2, 0.25) is 0 Å². The largest absolute Gasteiger partial charge is 0.388 e. The highest BCUT2D eigenvalue weighted by atomic mass is 32.1. The molecule has 1 aromatic carbocycles. The van der Waals surface area contributed by atoms with Gasteiger partial charge in [0, 0.05) is 10.8 Å². The van der Waals surface area contributed by atoms with E-state index in [1.165, 1.54) is 22.4 Å². The van der Waals surface area contributed by atoms with Gasteiger partial charge in [0.05, 0.1) is 6.10 Å². The Morgan fingerprint density at radius 1 is 1.28 bits per heavy atom. The molecule has 94 valence electrons. The van der Waals surface area contributed by atoms with Gasteiger partial charge in [-0.05, 0) is 54.3 Å². The zero-order valence-electron chi connectivity index (χ0n) is 10.6. The van der Waals surface area contributed by atoms with Crippen molar-refractivity contribution >= 4 is 11.3 Å². The smallest absolute Gasteiger partial charge is 0.0869 e. The third-order valence-electron chi connectivity index (χ3n) is 4.01. The first-order valence-electron chi connectivity index (χ1n) is 6.57. The summed E-state index contributed by atoms with van der Waals surface area (Å²) in [5.74, 6) is 0.267. The first-order valence-corrected chi connectivity index (χ1v) is 7.45. The highest BCUT2D eigenvalue weighted by Gasteiger charge is 2.28. The Bertz CT molecular complexity index is 544. The van der Waals surface area contributed by atoms with Crippen LogP contribution in [0.2, 0.25) is 0 Å². The Kier molecular flexibility index (Phi) is 3.23. The number of aliphatic hydroxyl groups excluding tert-OH is 1. The van der Waals surface area contributed by atoms with Crippen LogP contribution in [0.1, 0.15) is 46.4 Å². The lowest BCUT2D eigenvalue weighted by molar-refractivity contribution is 0.136. The Morgan fingerprint density at radius 2 is 2.11 bits per heavy atom. The Morgan fingerprint density at radius 3 is 2.89 bits per heavy atom. The minimum atomic E-state index is -0.349. The fraction of sp³-hybridized carbons (Fsp3) is 0.375. The average Bonchev–Trinajstić information content (AvgIpc) is 2.83. The van der Waals surface area contributed by atoms with Crippen LogP contribution in [0.5, 0.6) is 0 Å². The van der Waals surface area contributed by atoms with Crippen molar-refractivity contribution in [1.82, 2.24) is 0 Å². The molecule has 0 aliphatic heterocycles. The maximum atomic E-state index is 10.7. The second-order valence-electron chi connectivity index (χ2n) is 5.07. The van der Waals surface area contributed by atoms with E-state index in [9.17, 15) is 5.11 Å². The van der Waals surface area contributed by atoms with Gasteiger partial charge in [0.15, 0.2) is 0 Å². The standard InChI is InChI=1S/C16H18OS/c1-11-13(9-10-18-11)16(17)15-8-4-6-12-5-2-3-7-14(12)15/h2-3,5,7,9-10,15-17H,4,6,8H2,1H3. The topological polar surface area (TPSA) is 20.2 Å². The van der Waals surface area contributed by atoms with Crippen LogP contribution in [-0.4, -0.2) is 5.11 Å². The fourth-order valence-electron chi connectivity index (χ4n) is 3.04. The van der Waals surface area contributed by atoms with Crippen molar-refractivity contribution in [1.29, 1.82) is 0 Å². The number of thiophene rings is 1. The zero-order valence-corrected chi connectivity index (χ0v) is 11.4. The van der Waals surface area contributed by atoms with E-state index < -0.39 is 0 Å². The van der Waals surface area contributed by atoms with Crippen LogP contribution in [-0.2, 0) is 6.42 Å². The third-order valence-corrected chi connectivity index (χ3v) is 4.88. The summed E-state index contributed by atoms with van der Waals surface area (Å²) in [6, 6.07) is 10.6. The van der Waals surface area contributed by atoms with Crippen molar-refractivity contribution in [3.63, 3.8) is 0 Å². The molecule has 0 spiro atoms. The fourth-order valence-corrected chi connectivity index (χ4v) is 3.78. The third kappa shape index (κ3) is 2.00. The molecule has 1 aliphatic rings. The zero-order chi connectivity index (χ0) is 12.5. The molecule has 0 radical (unpaired) electrons. The van der Waals surface area contributed by atoms with Crippen molar-refractivity contribution in [2.24, 2.45) is 0 Å².